The van der Waals surface area contributed by atoms with E-state index in [0.717, 1.165) is 6.42 Å². The third-order valence-corrected chi connectivity index (χ3v) is 2.86. The Morgan fingerprint density at radius 2 is 1.79 bits per heavy atom. The average Bonchev–Trinajstić information content (AvgIpc) is 2.47. The predicted octanol–water partition coefficient (Wildman–Crippen LogP) is 2.82. The Morgan fingerprint density at radius 1 is 1.07 bits per heavy atom. The second-order valence-electron chi connectivity index (χ2n) is 3.67. The average molecular weight is 206 g/mol. The van der Waals surface area contributed by atoms with Crippen LogP contribution in [-0.2, 0) is 6.42 Å². The first-order valence-corrected chi connectivity index (χ1v) is 4.62. The van der Waals surface area contributed by atoms with E-state index in [9.17, 15) is 0 Å². The summed E-state index contributed by atoms with van der Waals surface area (Å²) >= 11 is 0. The molecule has 2 heteroatoms. The van der Waals surface area contributed by atoms with Crippen LogP contribution in [0.2, 0.25) is 0 Å². The topological polar surface area (TPSA) is 26.0 Å². The molecule has 2 N–H and O–H groups in total. The molecule has 0 saturated heterocycles. The molecule has 2 aromatic rings. The highest BCUT2D eigenvalue weighted by atomic mass is 35.5. The van der Waals surface area contributed by atoms with Crippen LogP contribution < -0.4 is 5.73 Å². The van der Waals surface area contributed by atoms with Crippen LogP contribution in [0, 0.1) is 0 Å². The first kappa shape index (κ1) is 9.50. The fourth-order valence-corrected chi connectivity index (χ4v) is 2.28. The van der Waals surface area contributed by atoms with Crippen LogP contribution in [-0.4, -0.2) is 0 Å². The molecule has 72 valence electrons. The van der Waals surface area contributed by atoms with Gasteiger partial charge in [-0.3, -0.25) is 0 Å². The van der Waals surface area contributed by atoms with Crippen molar-refractivity contribution < 1.29 is 0 Å². The van der Waals surface area contributed by atoms with Crippen molar-refractivity contribution in [2.45, 2.75) is 12.5 Å². The predicted molar refractivity (Wildman–Crippen MR) is 61.8 cm³/mol. The molecule has 14 heavy (non-hydrogen) atoms. The minimum Gasteiger partial charge on any atom is -0.324 e. The van der Waals surface area contributed by atoms with Crippen molar-refractivity contribution in [1.82, 2.24) is 0 Å². The maximum atomic E-state index is 6.04. The molecule has 0 aromatic heterocycles. The Morgan fingerprint density at radius 3 is 2.57 bits per heavy atom. The van der Waals surface area contributed by atoms with Gasteiger partial charge in [0, 0.05) is 6.04 Å². The molecule has 3 rings (SSSR count). The van der Waals surface area contributed by atoms with E-state index in [-0.39, 0.29) is 18.4 Å². The van der Waals surface area contributed by atoms with Crippen molar-refractivity contribution in [3.05, 3.63) is 47.5 Å². The quantitative estimate of drug-likeness (QED) is 0.703. The van der Waals surface area contributed by atoms with Crippen LogP contribution in [0.15, 0.2) is 36.4 Å². The van der Waals surface area contributed by atoms with E-state index in [4.69, 9.17) is 5.73 Å². The third kappa shape index (κ3) is 1.13. The molecule has 1 atom stereocenters. The van der Waals surface area contributed by atoms with Gasteiger partial charge in [-0.15, -0.1) is 12.4 Å². The van der Waals surface area contributed by atoms with Crippen LogP contribution in [0.25, 0.3) is 10.8 Å². The molecule has 0 saturated carbocycles. The largest absolute Gasteiger partial charge is 0.324 e. The molecular weight excluding hydrogens is 194 g/mol. The zero-order valence-corrected chi connectivity index (χ0v) is 8.55. The van der Waals surface area contributed by atoms with Crippen molar-refractivity contribution in [2.24, 2.45) is 5.73 Å². The second-order valence-corrected chi connectivity index (χ2v) is 3.67. The van der Waals surface area contributed by atoms with Crippen molar-refractivity contribution in [3.63, 3.8) is 0 Å². The maximum Gasteiger partial charge on any atom is 0.0342 e. The zero-order valence-electron chi connectivity index (χ0n) is 7.73. The summed E-state index contributed by atoms with van der Waals surface area (Å²) in [6.07, 6.45) is 0.997. The van der Waals surface area contributed by atoms with Crippen LogP contribution in [0.4, 0.5) is 0 Å². The highest BCUT2D eigenvalue weighted by Crippen LogP contribution is 2.35. The molecule has 1 unspecified atom stereocenters. The zero-order chi connectivity index (χ0) is 8.84. The lowest BCUT2D eigenvalue weighted by Crippen LogP contribution is -2.07. The van der Waals surface area contributed by atoms with Gasteiger partial charge in [0.05, 0.1) is 0 Å². The Bertz CT molecular complexity index is 473. The number of benzene rings is 2. The lowest BCUT2D eigenvalue weighted by molar-refractivity contribution is 0.757. The van der Waals surface area contributed by atoms with E-state index in [1.54, 1.807) is 0 Å². The summed E-state index contributed by atoms with van der Waals surface area (Å²) in [6.45, 7) is 0. The molecule has 1 aliphatic rings. The standard InChI is InChI=1S/C12H11N.ClH/c13-11-7-9-5-1-3-8-4-2-6-10(11)12(8)9;/h1-6,11H,7,13H2;1H. The summed E-state index contributed by atoms with van der Waals surface area (Å²) in [5.74, 6) is 0. The Hall–Kier alpha value is -1.05. The van der Waals surface area contributed by atoms with Gasteiger partial charge in [-0.05, 0) is 28.3 Å². The van der Waals surface area contributed by atoms with Gasteiger partial charge in [-0.1, -0.05) is 36.4 Å². The van der Waals surface area contributed by atoms with Gasteiger partial charge in [0.1, 0.15) is 0 Å². The summed E-state index contributed by atoms with van der Waals surface area (Å²) in [6, 6.07) is 13.0. The smallest absolute Gasteiger partial charge is 0.0342 e. The fraction of sp³-hybridized carbons (Fsp3) is 0.167. The van der Waals surface area contributed by atoms with Gasteiger partial charge in [-0.2, -0.15) is 0 Å². The maximum absolute atomic E-state index is 6.04. The molecule has 0 radical (unpaired) electrons. The van der Waals surface area contributed by atoms with Crippen LogP contribution >= 0.6 is 12.4 Å². The Balaban J connectivity index is 0.000000750. The monoisotopic (exact) mass is 205 g/mol. The summed E-state index contributed by atoms with van der Waals surface area (Å²) in [5, 5.41) is 2.71. The number of hydrogen-bond acceptors (Lipinski definition) is 1. The minimum atomic E-state index is 0. The molecule has 0 spiro atoms. The molecule has 1 nitrogen and oxygen atoms in total. The van der Waals surface area contributed by atoms with E-state index in [0.29, 0.717) is 0 Å². The van der Waals surface area contributed by atoms with Crippen LogP contribution in [0.5, 0.6) is 0 Å². The summed E-state index contributed by atoms with van der Waals surface area (Å²) < 4.78 is 0. The van der Waals surface area contributed by atoms with E-state index >= 15 is 0 Å². The van der Waals surface area contributed by atoms with Crippen LogP contribution in [0.3, 0.4) is 0 Å². The fourth-order valence-electron chi connectivity index (χ4n) is 2.28. The first-order chi connectivity index (χ1) is 6.36. The summed E-state index contributed by atoms with van der Waals surface area (Å²) in [4.78, 5) is 0. The molecule has 0 bridgehead atoms. The first-order valence-electron chi connectivity index (χ1n) is 4.62. The number of nitrogens with two attached hydrogens (primary N) is 1. The lowest BCUT2D eigenvalue weighted by Gasteiger charge is -2.02. The molecule has 1 aliphatic carbocycles. The van der Waals surface area contributed by atoms with E-state index < -0.39 is 0 Å². The third-order valence-electron chi connectivity index (χ3n) is 2.86. The normalized spacial score (nSPS) is 18.2. The number of rotatable bonds is 0. The highest BCUT2D eigenvalue weighted by Gasteiger charge is 2.19. The SMILES string of the molecule is Cl.NC1Cc2cccc3cccc1c23. The summed E-state index contributed by atoms with van der Waals surface area (Å²) in [7, 11) is 0. The van der Waals surface area contributed by atoms with Gasteiger partial charge in [-0.25, -0.2) is 0 Å². The molecule has 0 fully saturated rings. The van der Waals surface area contributed by atoms with Crippen molar-refractivity contribution in [2.75, 3.05) is 0 Å². The van der Waals surface area contributed by atoms with Gasteiger partial charge in [0.25, 0.3) is 0 Å². The van der Waals surface area contributed by atoms with Crippen LogP contribution in [0.1, 0.15) is 17.2 Å². The Labute approximate surface area is 89.3 Å². The summed E-state index contributed by atoms with van der Waals surface area (Å²) in [5.41, 5.74) is 8.76. The Kier molecular flexibility index (Phi) is 2.22. The molecular formula is C12H12ClN. The van der Waals surface area contributed by atoms with E-state index in [2.05, 4.69) is 36.4 Å². The molecule has 0 aliphatic heterocycles. The van der Waals surface area contributed by atoms with Crippen molar-refractivity contribution in [1.29, 1.82) is 0 Å². The van der Waals surface area contributed by atoms with Crippen molar-refractivity contribution in [3.8, 4) is 0 Å². The van der Waals surface area contributed by atoms with Crippen molar-refractivity contribution >= 4 is 23.2 Å². The number of halogens is 1. The van der Waals surface area contributed by atoms with Gasteiger partial charge in [0.15, 0.2) is 0 Å². The second kappa shape index (κ2) is 3.26. The van der Waals surface area contributed by atoms with Gasteiger partial charge < -0.3 is 5.73 Å². The molecule has 0 heterocycles. The van der Waals surface area contributed by atoms with Gasteiger partial charge in [0.2, 0.25) is 0 Å². The van der Waals surface area contributed by atoms with E-state index in [1.165, 1.54) is 21.9 Å². The van der Waals surface area contributed by atoms with Gasteiger partial charge >= 0.3 is 0 Å². The highest BCUT2D eigenvalue weighted by molar-refractivity contribution is 5.91. The lowest BCUT2D eigenvalue weighted by atomic mass is 10.1. The van der Waals surface area contributed by atoms with E-state index in [1.807, 2.05) is 0 Å². The number of hydrogen-bond donors (Lipinski definition) is 1. The molecule has 2 aromatic carbocycles. The minimum absolute atomic E-state index is 0. The molecule has 0 amide bonds.